The number of nitrogens with two attached hydrogens (primary N) is 3. The highest BCUT2D eigenvalue weighted by molar-refractivity contribution is 6.25. The Morgan fingerprint density at radius 1 is 1.13 bits per heavy atom. The van der Waals surface area contributed by atoms with E-state index in [1.165, 1.54) is 31.3 Å². The topological polar surface area (TPSA) is 99.2 Å². The van der Waals surface area contributed by atoms with Gasteiger partial charge in [0.15, 0.2) is 0 Å². The molecule has 5 heteroatoms. The van der Waals surface area contributed by atoms with Crippen molar-refractivity contribution in [2.24, 2.45) is 28.3 Å². The number of dihydropyridines is 1. The molecule has 1 heterocycles. The lowest BCUT2D eigenvalue weighted by Crippen LogP contribution is -2.50. The van der Waals surface area contributed by atoms with E-state index in [-0.39, 0.29) is 11.9 Å². The summed E-state index contributed by atoms with van der Waals surface area (Å²) in [5.41, 5.74) is 16.4. The normalized spacial score (nSPS) is 24.9. The van der Waals surface area contributed by atoms with Crippen LogP contribution in [0, 0.1) is 11.8 Å². The van der Waals surface area contributed by atoms with E-state index in [1.807, 2.05) is 12.1 Å². The molecule has 1 aromatic carbocycles. The molecule has 0 radical (unpaired) electrons. The number of aliphatic imine (C=N–C) groups is 1. The van der Waals surface area contributed by atoms with E-state index in [4.69, 9.17) is 26.6 Å². The lowest BCUT2D eigenvalue weighted by Gasteiger charge is -2.27. The largest absolute Gasteiger partial charge is 0.461 e. The average Bonchev–Trinajstić information content (AvgIpc) is 3.25. The van der Waals surface area contributed by atoms with E-state index in [9.17, 15) is 0 Å². The smallest absolute Gasteiger partial charge is 0.274 e. The number of ether oxygens (including phenoxy) is 1. The first-order chi connectivity index (χ1) is 14.4. The molecule has 0 aromatic heterocycles. The van der Waals surface area contributed by atoms with Gasteiger partial charge in [0.05, 0.1) is 6.04 Å². The number of hydrogen-bond acceptors (Lipinski definition) is 3. The van der Waals surface area contributed by atoms with Gasteiger partial charge in [-0.3, -0.25) is 16.1 Å². The quantitative estimate of drug-likeness (QED) is 0.518. The Bertz CT molecular complexity index is 946. The van der Waals surface area contributed by atoms with Crippen molar-refractivity contribution in [3.05, 3.63) is 58.9 Å². The molecule has 158 valence electrons. The molecule has 30 heavy (non-hydrogen) atoms. The van der Waals surface area contributed by atoms with E-state index >= 15 is 0 Å². The van der Waals surface area contributed by atoms with Gasteiger partial charge in [-0.25, -0.2) is 0 Å². The van der Waals surface area contributed by atoms with Crippen LogP contribution in [0.1, 0.15) is 57.9 Å². The zero-order chi connectivity index (χ0) is 21.3. The highest BCUT2D eigenvalue weighted by Gasteiger charge is 2.32. The molecule has 0 amide bonds. The van der Waals surface area contributed by atoms with E-state index in [0.717, 1.165) is 35.5 Å². The fourth-order valence-electron chi connectivity index (χ4n) is 4.86. The molecule has 4 rings (SSSR count). The van der Waals surface area contributed by atoms with Crippen molar-refractivity contribution in [2.45, 2.75) is 58.4 Å². The highest BCUT2D eigenvalue weighted by Crippen LogP contribution is 2.38. The SMILES string of the molecule is CC1=C(Oc2ccc(C3=C(C(N)=[NH2+])C(N)=NC(C4CCCC4)C3)cc2)CC(C)C=C1. The zero-order valence-corrected chi connectivity index (χ0v) is 18.0. The summed E-state index contributed by atoms with van der Waals surface area (Å²) in [5, 5.41) is 6.00. The van der Waals surface area contributed by atoms with Crippen LogP contribution in [0.25, 0.3) is 5.57 Å². The number of hydrogen-bond donors (Lipinski definition) is 3. The summed E-state index contributed by atoms with van der Waals surface area (Å²) in [6, 6.07) is 8.40. The predicted octanol–water partition coefficient (Wildman–Crippen LogP) is 3.13. The summed E-state index contributed by atoms with van der Waals surface area (Å²) >= 11 is 0. The lowest BCUT2D eigenvalue weighted by molar-refractivity contribution is -0.114. The fraction of sp³-hybridized carbons (Fsp3) is 0.440. The van der Waals surface area contributed by atoms with Gasteiger partial charge >= 0.3 is 0 Å². The number of benzene rings is 1. The molecule has 2 atom stereocenters. The van der Waals surface area contributed by atoms with Crippen LogP contribution in [0.15, 0.2) is 58.3 Å². The van der Waals surface area contributed by atoms with Gasteiger partial charge in [0.1, 0.15) is 22.9 Å². The minimum atomic E-state index is 0.213. The molecule has 1 saturated carbocycles. The Labute approximate surface area is 179 Å². The van der Waals surface area contributed by atoms with Crippen LogP contribution < -0.4 is 21.6 Å². The molecule has 1 aliphatic heterocycles. The van der Waals surface area contributed by atoms with Gasteiger partial charge in [0, 0.05) is 6.42 Å². The maximum Gasteiger partial charge on any atom is 0.274 e. The van der Waals surface area contributed by atoms with Crippen LogP contribution >= 0.6 is 0 Å². The Morgan fingerprint density at radius 2 is 1.83 bits per heavy atom. The van der Waals surface area contributed by atoms with Gasteiger partial charge in [0.2, 0.25) is 0 Å². The molecule has 3 aliphatic rings. The van der Waals surface area contributed by atoms with Crippen LogP contribution in [-0.2, 0) is 0 Å². The Hall–Kier alpha value is -2.82. The molecule has 0 bridgehead atoms. The molecule has 6 N–H and O–H groups in total. The third-order valence-electron chi connectivity index (χ3n) is 6.57. The van der Waals surface area contributed by atoms with E-state index in [1.54, 1.807) is 0 Å². The third kappa shape index (κ3) is 4.20. The molecule has 1 aromatic rings. The molecular weight excluding hydrogens is 372 g/mol. The summed E-state index contributed by atoms with van der Waals surface area (Å²) in [5.74, 6) is 3.67. The minimum absolute atomic E-state index is 0.213. The van der Waals surface area contributed by atoms with E-state index in [0.29, 0.717) is 23.2 Å². The second kappa shape index (κ2) is 8.50. The molecule has 1 fully saturated rings. The predicted molar refractivity (Wildman–Crippen MR) is 123 cm³/mol. The summed E-state index contributed by atoms with van der Waals surface area (Å²) in [4.78, 5) is 4.77. The number of nitrogens with zero attached hydrogens (tertiary/aromatic N) is 1. The number of amidine groups is 2. The lowest BCUT2D eigenvalue weighted by atomic mass is 9.84. The number of rotatable bonds is 5. The first-order valence-electron chi connectivity index (χ1n) is 11.0. The van der Waals surface area contributed by atoms with E-state index < -0.39 is 0 Å². The molecule has 5 nitrogen and oxygen atoms in total. The van der Waals surface area contributed by atoms with Crippen molar-refractivity contribution >= 4 is 17.2 Å². The standard InChI is InChI=1S/C25H32N4O/c1-15-7-8-16(2)22(13-15)30-19-11-9-17(10-12-19)20-14-21(18-5-3-4-6-18)29-25(28)23(20)24(26)27/h7-12,15,18,21H,3-6,13-14H2,1-2H3,(H3,26,27)(H2,28,29)/p+1. The van der Waals surface area contributed by atoms with Gasteiger partial charge in [-0.1, -0.05) is 44.1 Å². The van der Waals surface area contributed by atoms with Crippen molar-refractivity contribution in [2.75, 3.05) is 0 Å². The maximum absolute atomic E-state index is 6.32. The van der Waals surface area contributed by atoms with E-state index in [2.05, 4.69) is 38.1 Å². The van der Waals surface area contributed by atoms with Gasteiger partial charge < -0.3 is 10.5 Å². The van der Waals surface area contributed by atoms with Crippen molar-refractivity contribution in [1.82, 2.24) is 0 Å². The summed E-state index contributed by atoms with van der Waals surface area (Å²) in [6.07, 6.45) is 11.1. The van der Waals surface area contributed by atoms with Crippen molar-refractivity contribution in [3.63, 3.8) is 0 Å². The zero-order valence-electron chi connectivity index (χ0n) is 18.0. The monoisotopic (exact) mass is 405 g/mol. The van der Waals surface area contributed by atoms with Crippen molar-refractivity contribution < 1.29 is 10.1 Å². The average molecular weight is 406 g/mol. The van der Waals surface area contributed by atoms with Crippen LogP contribution in [0.5, 0.6) is 5.75 Å². The molecular formula is C25H33N4O+. The third-order valence-corrected chi connectivity index (χ3v) is 6.57. The van der Waals surface area contributed by atoms with Crippen LogP contribution in [-0.4, -0.2) is 17.7 Å². The second-order valence-corrected chi connectivity index (χ2v) is 8.91. The van der Waals surface area contributed by atoms with Crippen molar-refractivity contribution in [1.29, 1.82) is 0 Å². The molecule has 0 saturated heterocycles. The first kappa shape index (κ1) is 20.5. The fourth-order valence-corrected chi connectivity index (χ4v) is 4.86. The minimum Gasteiger partial charge on any atom is -0.461 e. The van der Waals surface area contributed by atoms with Crippen LogP contribution in [0.3, 0.4) is 0 Å². The van der Waals surface area contributed by atoms with Gasteiger partial charge in [-0.2, -0.15) is 0 Å². The first-order valence-corrected chi connectivity index (χ1v) is 11.0. The van der Waals surface area contributed by atoms with Gasteiger partial charge in [-0.15, -0.1) is 0 Å². The second-order valence-electron chi connectivity index (χ2n) is 8.91. The Morgan fingerprint density at radius 3 is 2.50 bits per heavy atom. The van der Waals surface area contributed by atoms with Crippen LogP contribution in [0.4, 0.5) is 0 Å². The molecule has 0 spiro atoms. The summed E-state index contributed by atoms with van der Waals surface area (Å²) in [7, 11) is 0. The Kier molecular flexibility index (Phi) is 5.80. The Balaban J connectivity index is 1.59. The van der Waals surface area contributed by atoms with Gasteiger partial charge in [0.25, 0.3) is 5.84 Å². The van der Waals surface area contributed by atoms with Crippen molar-refractivity contribution in [3.8, 4) is 5.75 Å². The summed E-state index contributed by atoms with van der Waals surface area (Å²) in [6.45, 7) is 4.29. The number of allylic oxidation sites excluding steroid dienone is 4. The molecule has 2 aliphatic carbocycles. The summed E-state index contributed by atoms with van der Waals surface area (Å²) < 4.78 is 6.19. The highest BCUT2D eigenvalue weighted by atomic mass is 16.5. The molecule has 2 unspecified atom stereocenters. The van der Waals surface area contributed by atoms with Gasteiger partial charge in [-0.05, 0) is 66.9 Å². The maximum atomic E-state index is 6.32. The van der Waals surface area contributed by atoms with Crippen LogP contribution in [0.2, 0.25) is 0 Å².